The molecule has 10 heteroatoms. The molecule has 1 saturated heterocycles. The molecule has 0 unspecified atom stereocenters. The highest BCUT2D eigenvalue weighted by atomic mass is 32.2. The van der Waals surface area contributed by atoms with Crippen LogP contribution in [0.5, 0.6) is 11.5 Å². The van der Waals surface area contributed by atoms with E-state index in [0.717, 1.165) is 17.3 Å². The van der Waals surface area contributed by atoms with E-state index in [9.17, 15) is 19.1 Å². The van der Waals surface area contributed by atoms with Crippen LogP contribution in [0.1, 0.15) is 24.5 Å². The molecule has 1 fully saturated rings. The number of benzene rings is 2. The van der Waals surface area contributed by atoms with Gasteiger partial charge in [0.15, 0.2) is 16.7 Å². The number of halogens is 1. The van der Waals surface area contributed by atoms with Crippen LogP contribution in [0.25, 0.3) is 0 Å². The third kappa shape index (κ3) is 6.54. The number of thioether (sulfide) groups is 1. The average molecular weight is 444 g/mol. The second kappa shape index (κ2) is 10.6. The Morgan fingerprint density at radius 3 is 2.71 bits per heavy atom. The maximum absolute atomic E-state index is 13.0. The summed E-state index contributed by atoms with van der Waals surface area (Å²) in [6.07, 6.45) is 1.08. The van der Waals surface area contributed by atoms with E-state index in [2.05, 4.69) is 15.5 Å². The zero-order chi connectivity index (χ0) is 22.2. The van der Waals surface area contributed by atoms with Gasteiger partial charge in [-0.1, -0.05) is 23.9 Å². The standard InChI is InChI=1S/C21H20FN3O5S/c1-2-29-17-9-14(5-8-16(17)30-12-13-3-6-15(22)7-4-13)11-23-25-21-24-20(28)18(31-21)10-19(26)27/h3-9,11,18H,2,10,12H2,1H3,(H,26,27)(H,24,25,28)/p-1/b23-11-/t18-/m0/s1. The smallest absolute Gasteiger partial charge is 0.239 e. The Bertz CT molecular complexity index is 1010. The van der Waals surface area contributed by atoms with Gasteiger partial charge in [0.1, 0.15) is 12.4 Å². The number of carbonyl (C=O) groups is 2. The van der Waals surface area contributed by atoms with Crippen molar-refractivity contribution in [2.45, 2.75) is 25.2 Å². The van der Waals surface area contributed by atoms with E-state index >= 15 is 0 Å². The first-order valence-electron chi connectivity index (χ1n) is 9.37. The molecule has 0 saturated carbocycles. The van der Waals surface area contributed by atoms with Crippen LogP contribution in [0, 0.1) is 5.82 Å². The van der Waals surface area contributed by atoms with Crippen molar-refractivity contribution in [3.05, 3.63) is 59.4 Å². The van der Waals surface area contributed by atoms with Crippen LogP contribution in [-0.2, 0) is 16.2 Å². The van der Waals surface area contributed by atoms with Gasteiger partial charge in [0.25, 0.3) is 0 Å². The van der Waals surface area contributed by atoms with Crippen molar-refractivity contribution in [1.82, 2.24) is 5.32 Å². The molecule has 3 rings (SSSR count). The van der Waals surface area contributed by atoms with Crippen LogP contribution in [0.3, 0.4) is 0 Å². The summed E-state index contributed by atoms with van der Waals surface area (Å²) in [4.78, 5) is 22.3. The fourth-order valence-electron chi connectivity index (χ4n) is 2.62. The first-order valence-corrected chi connectivity index (χ1v) is 10.2. The molecule has 31 heavy (non-hydrogen) atoms. The highest BCUT2D eigenvalue weighted by Crippen LogP contribution is 2.29. The Morgan fingerprint density at radius 2 is 2.00 bits per heavy atom. The number of carboxylic acid groups (broad SMARTS) is 1. The van der Waals surface area contributed by atoms with Gasteiger partial charge in [-0.3, -0.25) is 4.79 Å². The molecule has 0 aliphatic carbocycles. The SMILES string of the molecule is CCOc1cc(/C=N\N=C2\NC(=O)[C@H](CC(=O)[O-])S2)ccc1OCc1ccc(F)cc1. The normalized spacial score (nSPS) is 17.2. The summed E-state index contributed by atoms with van der Waals surface area (Å²) >= 11 is 0.988. The number of amides is 1. The minimum absolute atomic E-state index is 0.219. The summed E-state index contributed by atoms with van der Waals surface area (Å²) in [7, 11) is 0. The van der Waals surface area contributed by atoms with Crippen molar-refractivity contribution in [3.63, 3.8) is 0 Å². The summed E-state index contributed by atoms with van der Waals surface area (Å²) < 4.78 is 24.4. The third-order valence-corrected chi connectivity index (χ3v) is 5.13. The monoisotopic (exact) mass is 444 g/mol. The summed E-state index contributed by atoms with van der Waals surface area (Å²) in [6.45, 7) is 2.53. The van der Waals surface area contributed by atoms with Gasteiger partial charge in [-0.05, 0) is 48.4 Å². The van der Waals surface area contributed by atoms with Crippen LogP contribution in [0.15, 0.2) is 52.7 Å². The molecule has 0 bridgehead atoms. The molecule has 162 valence electrons. The Kier molecular flexibility index (Phi) is 7.60. The van der Waals surface area contributed by atoms with Gasteiger partial charge in [0.2, 0.25) is 5.91 Å². The zero-order valence-corrected chi connectivity index (χ0v) is 17.4. The number of hydrogen-bond acceptors (Lipinski definition) is 8. The van der Waals surface area contributed by atoms with E-state index in [1.54, 1.807) is 30.3 Å². The first-order chi connectivity index (χ1) is 14.9. The Balaban J connectivity index is 1.65. The van der Waals surface area contributed by atoms with Crippen LogP contribution in [0.4, 0.5) is 4.39 Å². The largest absolute Gasteiger partial charge is 0.550 e. The van der Waals surface area contributed by atoms with Crippen LogP contribution in [-0.4, -0.2) is 35.1 Å². The van der Waals surface area contributed by atoms with Gasteiger partial charge in [0, 0.05) is 12.4 Å². The maximum Gasteiger partial charge on any atom is 0.239 e. The molecule has 8 nitrogen and oxygen atoms in total. The molecule has 1 N–H and O–H groups in total. The van der Waals surface area contributed by atoms with Gasteiger partial charge < -0.3 is 24.7 Å². The van der Waals surface area contributed by atoms with E-state index in [1.165, 1.54) is 18.3 Å². The quantitative estimate of drug-likeness (QED) is 0.467. The molecule has 1 amide bonds. The molecule has 2 aromatic carbocycles. The second-order valence-corrected chi connectivity index (χ2v) is 7.57. The zero-order valence-electron chi connectivity index (χ0n) is 16.5. The van der Waals surface area contributed by atoms with Crippen LogP contribution >= 0.6 is 11.8 Å². The number of ether oxygens (including phenoxy) is 2. The molecular weight excluding hydrogens is 425 g/mol. The highest BCUT2D eigenvalue weighted by Gasteiger charge is 2.30. The molecule has 1 heterocycles. The number of hydrogen-bond donors (Lipinski definition) is 1. The van der Waals surface area contributed by atoms with Gasteiger partial charge in [0.05, 0.1) is 18.1 Å². The number of amidine groups is 1. The lowest BCUT2D eigenvalue weighted by Gasteiger charge is -2.12. The summed E-state index contributed by atoms with van der Waals surface area (Å²) in [5.74, 6) is -1.01. The molecule has 0 aromatic heterocycles. The number of nitrogens with one attached hydrogen (secondary N) is 1. The molecule has 0 spiro atoms. The lowest BCUT2D eigenvalue weighted by atomic mass is 10.2. The van der Waals surface area contributed by atoms with E-state index in [-0.39, 0.29) is 17.6 Å². The summed E-state index contributed by atoms with van der Waals surface area (Å²) in [5.41, 5.74) is 1.50. The van der Waals surface area contributed by atoms with Crippen molar-refractivity contribution in [2.75, 3.05) is 6.61 Å². The van der Waals surface area contributed by atoms with Gasteiger partial charge in [-0.25, -0.2) is 4.39 Å². The third-order valence-electron chi connectivity index (χ3n) is 4.06. The van der Waals surface area contributed by atoms with Gasteiger partial charge in [-0.2, -0.15) is 5.10 Å². The topological polar surface area (TPSA) is 112 Å². The Labute approximate surface area is 182 Å². The van der Waals surface area contributed by atoms with Crippen molar-refractivity contribution in [1.29, 1.82) is 0 Å². The maximum atomic E-state index is 13.0. The number of nitrogens with zero attached hydrogens (tertiary/aromatic N) is 2. The van der Waals surface area contributed by atoms with E-state index in [4.69, 9.17) is 9.47 Å². The minimum Gasteiger partial charge on any atom is -0.550 e. The summed E-state index contributed by atoms with van der Waals surface area (Å²) in [5, 5.41) is 20.4. The Morgan fingerprint density at radius 1 is 1.23 bits per heavy atom. The molecule has 0 radical (unpaired) electrons. The van der Waals surface area contributed by atoms with Crippen LogP contribution in [0.2, 0.25) is 0 Å². The second-order valence-electron chi connectivity index (χ2n) is 6.38. The van der Waals surface area contributed by atoms with Crippen molar-refractivity contribution < 1.29 is 28.6 Å². The molecule has 1 aliphatic rings. The van der Waals surface area contributed by atoms with Crippen molar-refractivity contribution >= 4 is 35.0 Å². The summed E-state index contributed by atoms with van der Waals surface area (Å²) in [6, 6.07) is 11.2. The predicted molar refractivity (Wildman–Crippen MR) is 113 cm³/mol. The molecule has 1 aliphatic heterocycles. The fraction of sp³-hybridized carbons (Fsp3) is 0.238. The highest BCUT2D eigenvalue weighted by molar-refractivity contribution is 8.15. The van der Waals surface area contributed by atoms with E-state index in [0.29, 0.717) is 23.7 Å². The molecular formula is C21H19FN3O5S-. The lowest BCUT2D eigenvalue weighted by Crippen LogP contribution is -2.31. The lowest BCUT2D eigenvalue weighted by molar-refractivity contribution is -0.305. The average Bonchev–Trinajstić information content (AvgIpc) is 3.07. The number of carbonyl (C=O) groups excluding carboxylic acids is 2. The van der Waals surface area contributed by atoms with Gasteiger partial charge in [-0.15, -0.1) is 5.10 Å². The van der Waals surface area contributed by atoms with Crippen LogP contribution < -0.4 is 19.9 Å². The number of carboxylic acids is 1. The number of rotatable bonds is 9. The van der Waals surface area contributed by atoms with E-state index < -0.39 is 23.5 Å². The van der Waals surface area contributed by atoms with Crippen molar-refractivity contribution in [2.24, 2.45) is 10.2 Å². The van der Waals surface area contributed by atoms with Gasteiger partial charge >= 0.3 is 0 Å². The Hall–Kier alpha value is -3.40. The first kappa shape index (κ1) is 22.3. The van der Waals surface area contributed by atoms with E-state index in [1.807, 2.05) is 6.92 Å². The molecule has 2 aromatic rings. The number of aliphatic carboxylic acids is 1. The predicted octanol–water partition coefficient (Wildman–Crippen LogP) is 1.86. The minimum atomic E-state index is -1.30. The fourth-order valence-corrected chi connectivity index (χ4v) is 3.53. The van der Waals surface area contributed by atoms with Crippen molar-refractivity contribution in [3.8, 4) is 11.5 Å². The molecule has 1 atom stereocenters.